The van der Waals surface area contributed by atoms with Crippen LogP contribution in [0.5, 0.6) is 0 Å². The number of carbonyl (C=O) groups is 2. The summed E-state index contributed by atoms with van der Waals surface area (Å²) in [6.45, 7) is 2.72. The van der Waals surface area contributed by atoms with Crippen molar-refractivity contribution in [1.82, 2.24) is 15.1 Å². The minimum atomic E-state index is -4.61. The zero-order chi connectivity index (χ0) is 14.1. The molecule has 0 saturated heterocycles. The molecule has 0 bridgehead atoms. The van der Waals surface area contributed by atoms with Gasteiger partial charge in [0.15, 0.2) is 11.5 Å². The number of ketones is 1. The minimum absolute atomic E-state index is 0.254. The van der Waals surface area contributed by atoms with Crippen molar-refractivity contribution in [3.8, 4) is 0 Å². The highest BCUT2D eigenvalue weighted by Gasteiger charge is 2.35. The molecule has 0 fully saturated rings. The number of rotatable bonds is 3. The van der Waals surface area contributed by atoms with Crippen LogP contribution in [0.4, 0.5) is 13.2 Å². The number of halogens is 3. The second kappa shape index (κ2) is 4.79. The zero-order valence-electron chi connectivity index (χ0n) is 10.00. The lowest BCUT2D eigenvalue weighted by Crippen LogP contribution is -2.38. The molecule has 1 aromatic rings. The topological polar surface area (TPSA) is 64.0 Å². The third-order valence-corrected chi connectivity index (χ3v) is 2.36. The number of aryl methyl sites for hydroxylation is 1. The molecule has 1 rings (SSSR count). The van der Waals surface area contributed by atoms with Gasteiger partial charge in [0, 0.05) is 13.1 Å². The second-order valence-corrected chi connectivity index (χ2v) is 3.84. The molecule has 0 aliphatic heterocycles. The van der Waals surface area contributed by atoms with Gasteiger partial charge in [-0.25, -0.2) is 0 Å². The summed E-state index contributed by atoms with van der Waals surface area (Å²) in [5.41, 5.74) is -1.40. The SMILES string of the molecule is CC(=O)[C@H](C)NC(=O)c1cc(C(F)(F)F)nn1C. The van der Waals surface area contributed by atoms with Gasteiger partial charge in [-0.15, -0.1) is 0 Å². The quantitative estimate of drug-likeness (QED) is 0.889. The van der Waals surface area contributed by atoms with Crippen LogP contribution in [-0.4, -0.2) is 27.5 Å². The highest BCUT2D eigenvalue weighted by molar-refractivity contribution is 5.96. The summed E-state index contributed by atoms with van der Waals surface area (Å²) in [6, 6.07) is -0.121. The van der Waals surface area contributed by atoms with E-state index in [4.69, 9.17) is 0 Å². The second-order valence-electron chi connectivity index (χ2n) is 3.84. The summed E-state index contributed by atoms with van der Waals surface area (Å²) in [4.78, 5) is 22.6. The Morgan fingerprint density at radius 1 is 1.44 bits per heavy atom. The largest absolute Gasteiger partial charge is 0.435 e. The Hall–Kier alpha value is -1.86. The van der Waals surface area contributed by atoms with Gasteiger partial charge in [-0.05, 0) is 13.8 Å². The van der Waals surface area contributed by atoms with E-state index in [2.05, 4.69) is 10.4 Å². The predicted octanol–water partition coefficient (Wildman–Crippen LogP) is 1.15. The summed E-state index contributed by atoms with van der Waals surface area (Å²) < 4.78 is 37.9. The minimum Gasteiger partial charge on any atom is -0.341 e. The van der Waals surface area contributed by atoms with Crippen LogP contribution >= 0.6 is 0 Å². The lowest BCUT2D eigenvalue weighted by molar-refractivity contribution is -0.141. The summed E-state index contributed by atoms with van der Waals surface area (Å²) in [7, 11) is 1.22. The van der Waals surface area contributed by atoms with Crippen LogP contribution in [0, 0.1) is 0 Å². The normalized spacial score (nSPS) is 13.2. The lowest BCUT2D eigenvalue weighted by atomic mass is 10.2. The summed E-state index contributed by atoms with van der Waals surface area (Å²) in [5.74, 6) is -1.07. The van der Waals surface area contributed by atoms with Gasteiger partial charge in [-0.1, -0.05) is 0 Å². The van der Waals surface area contributed by atoms with E-state index in [0.29, 0.717) is 6.07 Å². The number of hydrogen-bond donors (Lipinski definition) is 1. The third kappa shape index (κ3) is 3.08. The molecule has 0 spiro atoms. The molecular weight excluding hydrogens is 251 g/mol. The average molecular weight is 263 g/mol. The fourth-order valence-corrected chi connectivity index (χ4v) is 1.19. The van der Waals surface area contributed by atoms with Crippen LogP contribution < -0.4 is 5.32 Å². The van der Waals surface area contributed by atoms with Gasteiger partial charge in [0.1, 0.15) is 5.69 Å². The number of nitrogens with zero attached hydrogens (tertiary/aromatic N) is 2. The Morgan fingerprint density at radius 3 is 2.39 bits per heavy atom. The molecule has 1 amide bonds. The number of alkyl halides is 3. The van der Waals surface area contributed by atoms with Gasteiger partial charge in [-0.2, -0.15) is 18.3 Å². The molecule has 0 aliphatic rings. The Kier molecular flexibility index (Phi) is 3.78. The summed E-state index contributed by atoms with van der Waals surface area (Å²) in [6.07, 6.45) is -4.61. The molecule has 1 N–H and O–H groups in total. The summed E-state index contributed by atoms with van der Waals surface area (Å²) >= 11 is 0. The van der Waals surface area contributed by atoms with Gasteiger partial charge >= 0.3 is 6.18 Å². The van der Waals surface area contributed by atoms with Crippen molar-refractivity contribution in [1.29, 1.82) is 0 Å². The zero-order valence-corrected chi connectivity index (χ0v) is 10.00. The fourth-order valence-electron chi connectivity index (χ4n) is 1.19. The summed E-state index contributed by atoms with van der Waals surface area (Å²) in [5, 5.41) is 5.49. The molecule has 5 nitrogen and oxygen atoms in total. The van der Waals surface area contributed by atoms with E-state index in [1.54, 1.807) is 0 Å². The highest BCUT2D eigenvalue weighted by atomic mass is 19.4. The van der Waals surface area contributed by atoms with E-state index in [9.17, 15) is 22.8 Å². The molecule has 100 valence electrons. The van der Waals surface area contributed by atoms with Crippen LogP contribution in [0.15, 0.2) is 6.07 Å². The van der Waals surface area contributed by atoms with Crippen molar-refractivity contribution in [2.75, 3.05) is 0 Å². The molecule has 1 aromatic heterocycles. The van der Waals surface area contributed by atoms with Crippen LogP contribution in [0.2, 0.25) is 0 Å². The van der Waals surface area contributed by atoms with E-state index in [0.717, 1.165) is 4.68 Å². The Labute approximate surface area is 101 Å². The number of aromatic nitrogens is 2. The monoisotopic (exact) mass is 263 g/mol. The fraction of sp³-hybridized carbons (Fsp3) is 0.500. The first-order chi connectivity index (χ1) is 8.12. The molecule has 0 saturated carbocycles. The molecule has 0 radical (unpaired) electrons. The Morgan fingerprint density at radius 2 is 2.00 bits per heavy atom. The maximum Gasteiger partial charge on any atom is 0.435 e. The maximum absolute atomic E-state index is 12.4. The number of carbonyl (C=O) groups excluding carboxylic acids is 2. The first-order valence-electron chi connectivity index (χ1n) is 5.05. The van der Waals surface area contributed by atoms with Gasteiger partial charge < -0.3 is 5.32 Å². The van der Waals surface area contributed by atoms with Crippen molar-refractivity contribution >= 4 is 11.7 Å². The number of hydrogen-bond acceptors (Lipinski definition) is 3. The molecule has 0 aliphatic carbocycles. The smallest absolute Gasteiger partial charge is 0.341 e. The molecule has 1 heterocycles. The van der Waals surface area contributed by atoms with Crippen molar-refractivity contribution in [2.45, 2.75) is 26.1 Å². The van der Waals surface area contributed by atoms with Crippen molar-refractivity contribution < 1.29 is 22.8 Å². The van der Waals surface area contributed by atoms with E-state index in [1.165, 1.54) is 20.9 Å². The molecule has 0 unspecified atom stereocenters. The Bertz CT molecular complexity index is 479. The predicted molar refractivity (Wildman–Crippen MR) is 55.8 cm³/mol. The molecule has 1 atom stereocenters. The van der Waals surface area contributed by atoms with Gasteiger partial charge in [0.05, 0.1) is 6.04 Å². The van der Waals surface area contributed by atoms with Crippen LogP contribution in [0.25, 0.3) is 0 Å². The van der Waals surface area contributed by atoms with Crippen molar-refractivity contribution in [3.63, 3.8) is 0 Å². The third-order valence-electron chi connectivity index (χ3n) is 2.36. The first-order valence-corrected chi connectivity index (χ1v) is 5.05. The van der Waals surface area contributed by atoms with Gasteiger partial charge in [-0.3, -0.25) is 14.3 Å². The highest BCUT2D eigenvalue weighted by Crippen LogP contribution is 2.28. The van der Waals surface area contributed by atoms with Crippen molar-refractivity contribution in [3.05, 3.63) is 17.5 Å². The Balaban J connectivity index is 2.94. The van der Waals surface area contributed by atoms with E-state index < -0.39 is 23.8 Å². The van der Waals surface area contributed by atoms with E-state index >= 15 is 0 Å². The first kappa shape index (κ1) is 14.2. The molecule has 8 heteroatoms. The van der Waals surface area contributed by atoms with Crippen molar-refractivity contribution in [2.24, 2.45) is 7.05 Å². The standard InChI is InChI=1S/C10H12F3N3O2/c1-5(6(2)17)14-9(18)7-4-8(10(11,12)13)15-16(7)3/h4-5H,1-3H3,(H,14,18)/t5-/m0/s1. The van der Waals surface area contributed by atoms with Crippen LogP contribution in [0.3, 0.4) is 0 Å². The van der Waals surface area contributed by atoms with Crippen LogP contribution in [-0.2, 0) is 18.0 Å². The van der Waals surface area contributed by atoms with Gasteiger partial charge in [0.2, 0.25) is 0 Å². The molecule has 18 heavy (non-hydrogen) atoms. The lowest BCUT2D eigenvalue weighted by Gasteiger charge is -2.09. The number of Topliss-reactive ketones (excluding diaryl/α,β-unsaturated/α-hetero) is 1. The van der Waals surface area contributed by atoms with Crippen LogP contribution in [0.1, 0.15) is 30.0 Å². The molecular formula is C10H12F3N3O2. The van der Waals surface area contributed by atoms with E-state index in [1.807, 2.05) is 0 Å². The van der Waals surface area contributed by atoms with E-state index in [-0.39, 0.29) is 11.5 Å². The number of nitrogens with one attached hydrogen (secondary N) is 1. The van der Waals surface area contributed by atoms with Gasteiger partial charge in [0.25, 0.3) is 5.91 Å². The number of amides is 1. The maximum atomic E-state index is 12.4. The average Bonchev–Trinajstić information content (AvgIpc) is 2.59. The molecule has 0 aromatic carbocycles.